The van der Waals surface area contributed by atoms with Crippen LogP contribution in [-0.4, -0.2) is 32.0 Å². The molecule has 1 unspecified atom stereocenters. The summed E-state index contributed by atoms with van der Waals surface area (Å²) in [5.41, 5.74) is 2.82. The Morgan fingerprint density at radius 2 is 1.89 bits per heavy atom. The molecule has 5 nitrogen and oxygen atoms in total. The van der Waals surface area contributed by atoms with E-state index < -0.39 is 0 Å². The topological polar surface area (TPSA) is 58.6 Å². The summed E-state index contributed by atoms with van der Waals surface area (Å²) in [5, 5.41) is 2.80. The molecule has 3 rings (SSSR count). The van der Waals surface area contributed by atoms with Crippen LogP contribution in [0, 0.1) is 24.7 Å². The molecule has 1 N–H and O–H groups in total. The largest absolute Gasteiger partial charge is 0.497 e. The number of carbonyl (C=O) groups is 2. The van der Waals surface area contributed by atoms with Gasteiger partial charge in [0.1, 0.15) is 5.75 Å². The number of aryl methyl sites for hydroxylation is 1. The Morgan fingerprint density at radius 3 is 2.56 bits per heavy atom. The van der Waals surface area contributed by atoms with Crippen molar-refractivity contribution in [2.45, 2.75) is 13.3 Å². The van der Waals surface area contributed by atoms with Crippen LogP contribution in [0.4, 0.5) is 5.69 Å². The van der Waals surface area contributed by atoms with Gasteiger partial charge in [-0.15, -0.1) is 0 Å². The zero-order chi connectivity index (χ0) is 19.2. The molecule has 27 heavy (non-hydrogen) atoms. The standard InChI is InChI=1S/C22H22N2O3/c1-16-5-9-19(10-6-16)24-15-18(14-21(24)25)22(26)23-13-3-4-17-7-11-20(27-2)12-8-17/h5-12,18H,13-15H2,1-2H3,(H,23,26). The van der Waals surface area contributed by atoms with E-state index in [2.05, 4.69) is 17.2 Å². The normalized spacial score (nSPS) is 15.9. The van der Waals surface area contributed by atoms with Gasteiger partial charge in [-0.2, -0.15) is 0 Å². The molecule has 2 aromatic carbocycles. The highest BCUT2D eigenvalue weighted by atomic mass is 16.5. The second-order valence-electron chi connectivity index (χ2n) is 6.49. The average molecular weight is 362 g/mol. The van der Waals surface area contributed by atoms with Crippen LogP contribution >= 0.6 is 0 Å². The van der Waals surface area contributed by atoms with E-state index in [0.717, 1.165) is 22.6 Å². The molecule has 1 aliphatic heterocycles. The molecule has 1 heterocycles. The smallest absolute Gasteiger partial charge is 0.227 e. The van der Waals surface area contributed by atoms with Gasteiger partial charge in [0.25, 0.3) is 0 Å². The number of rotatable bonds is 4. The van der Waals surface area contributed by atoms with Crippen LogP contribution in [0.15, 0.2) is 48.5 Å². The summed E-state index contributed by atoms with van der Waals surface area (Å²) < 4.78 is 5.10. The second-order valence-corrected chi connectivity index (χ2v) is 6.49. The van der Waals surface area contributed by atoms with Crippen molar-refractivity contribution in [3.05, 3.63) is 59.7 Å². The minimum atomic E-state index is -0.346. The number of methoxy groups -OCH3 is 1. The first-order valence-corrected chi connectivity index (χ1v) is 8.84. The zero-order valence-corrected chi connectivity index (χ0v) is 15.5. The highest BCUT2D eigenvalue weighted by Crippen LogP contribution is 2.25. The number of amides is 2. The average Bonchev–Trinajstić information content (AvgIpc) is 3.08. The molecule has 0 aromatic heterocycles. The van der Waals surface area contributed by atoms with Crippen LogP contribution in [0.5, 0.6) is 5.75 Å². The van der Waals surface area contributed by atoms with Gasteiger partial charge in [0, 0.05) is 24.2 Å². The van der Waals surface area contributed by atoms with E-state index >= 15 is 0 Å². The predicted molar refractivity (Wildman–Crippen MR) is 105 cm³/mol. The van der Waals surface area contributed by atoms with E-state index in [1.165, 1.54) is 0 Å². The summed E-state index contributed by atoms with van der Waals surface area (Å²) in [7, 11) is 1.62. The Kier molecular flexibility index (Phi) is 5.77. The molecule has 0 spiro atoms. The molecule has 1 aliphatic rings. The van der Waals surface area contributed by atoms with Gasteiger partial charge < -0.3 is 15.0 Å². The van der Waals surface area contributed by atoms with Crippen LogP contribution in [0.1, 0.15) is 17.5 Å². The molecule has 1 fully saturated rings. The molecular weight excluding hydrogens is 340 g/mol. The third kappa shape index (κ3) is 4.68. The molecule has 138 valence electrons. The minimum Gasteiger partial charge on any atom is -0.497 e. The Labute approximate surface area is 159 Å². The maximum atomic E-state index is 12.3. The molecule has 0 bridgehead atoms. The Morgan fingerprint density at radius 1 is 1.19 bits per heavy atom. The first kappa shape index (κ1) is 18.5. The third-order valence-electron chi connectivity index (χ3n) is 4.52. The van der Waals surface area contributed by atoms with Gasteiger partial charge in [-0.1, -0.05) is 29.5 Å². The highest BCUT2D eigenvalue weighted by Gasteiger charge is 2.34. The number of hydrogen-bond donors (Lipinski definition) is 1. The van der Waals surface area contributed by atoms with Crippen molar-refractivity contribution >= 4 is 17.5 Å². The van der Waals surface area contributed by atoms with Crippen LogP contribution in [-0.2, 0) is 9.59 Å². The number of hydrogen-bond acceptors (Lipinski definition) is 3. The van der Waals surface area contributed by atoms with Gasteiger partial charge in [-0.3, -0.25) is 9.59 Å². The van der Waals surface area contributed by atoms with Crippen molar-refractivity contribution in [3.8, 4) is 17.6 Å². The second kappa shape index (κ2) is 8.41. The van der Waals surface area contributed by atoms with Gasteiger partial charge >= 0.3 is 0 Å². The van der Waals surface area contributed by atoms with E-state index in [4.69, 9.17) is 4.74 Å². The number of nitrogens with one attached hydrogen (secondary N) is 1. The third-order valence-corrected chi connectivity index (χ3v) is 4.52. The Hall–Kier alpha value is -3.26. The number of benzene rings is 2. The summed E-state index contributed by atoms with van der Waals surface area (Å²) in [5.74, 6) is 6.19. The number of carbonyl (C=O) groups excluding carboxylic acids is 2. The van der Waals surface area contributed by atoms with Crippen molar-refractivity contribution in [1.29, 1.82) is 0 Å². The van der Waals surface area contributed by atoms with Crippen LogP contribution in [0.25, 0.3) is 0 Å². The van der Waals surface area contributed by atoms with E-state index in [9.17, 15) is 9.59 Å². The van der Waals surface area contributed by atoms with Gasteiger partial charge in [0.2, 0.25) is 11.8 Å². The molecule has 1 atom stereocenters. The van der Waals surface area contributed by atoms with Gasteiger partial charge in [0.05, 0.1) is 19.6 Å². The Bertz CT molecular complexity index is 877. The lowest BCUT2D eigenvalue weighted by Gasteiger charge is -2.16. The van der Waals surface area contributed by atoms with Crippen LogP contribution in [0.3, 0.4) is 0 Å². The van der Waals surface area contributed by atoms with Crippen molar-refractivity contribution in [3.63, 3.8) is 0 Å². The van der Waals surface area contributed by atoms with E-state index in [1.807, 2.05) is 55.5 Å². The van der Waals surface area contributed by atoms with Gasteiger partial charge in [-0.05, 0) is 43.3 Å². The molecule has 0 aliphatic carbocycles. The summed E-state index contributed by atoms with van der Waals surface area (Å²) in [6.45, 7) is 2.65. The monoisotopic (exact) mass is 362 g/mol. The van der Waals surface area contributed by atoms with Gasteiger partial charge in [-0.25, -0.2) is 0 Å². The fourth-order valence-electron chi connectivity index (χ4n) is 2.95. The SMILES string of the molecule is COc1ccc(C#CCNC(=O)C2CC(=O)N(c3ccc(C)cc3)C2)cc1. The van der Waals surface area contributed by atoms with Crippen molar-refractivity contribution < 1.29 is 14.3 Å². The minimum absolute atomic E-state index is 0.0247. The maximum Gasteiger partial charge on any atom is 0.227 e. The molecule has 1 saturated heterocycles. The molecule has 5 heteroatoms. The lowest BCUT2D eigenvalue weighted by molar-refractivity contribution is -0.126. The lowest BCUT2D eigenvalue weighted by Crippen LogP contribution is -2.33. The van der Waals surface area contributed by atoms with Gasteiger partial charge in [0.15, 0.2) is 0 Å². The van der Waals surface area contributed by atoms with E-state index in [0.29, 0.717) is 6.54 Å². The zero-order valence-electron chi connectivity index (χ0n) is 15.5. The fourth-order valence-corrected chi connectivity index (χ4v) is 2.95. The molecule has 0 saturated carbocycles. The highest BCUT2D eigenvalue weighted by molar-refractivity contribution is 6.00. The van der Waals surface area contributed by atoms with E-state index in [-0.39, 0.29) is 30.7 Å². The summed E-state index contributed by atoms with van der Waals surface area (Å²) in [4.78, 5) is 26.3. The molecule has 2 amide bonds. The summed E-state index contributed by atoms with van der Waals surface area (Å²) in [6.07, 6.45) is 0.228. The molecule has 2 aromatic rings. The van der Waals surface area contributed by atoms with Crippen molar-refractivity contribution in [1.82, 2.24) is 5.32 Å². The van der Waals surface area contributed by atoms with Crippen molar-refractivity contribution in [2.24, 2.45) is 5.92 Å². The number of anilines is 1. The summed E-state index contributed by atoms with van der Waals surface area (Å²) >= 11 is 0. The Balaban J connectivity index is 1.52. The predicted octanol–water partition coefficient (Wildman–Crippen LogP) is 2.52. The van der Waals surface area contributed by atoms with Crippen LogP contribution in [0.2, 0.25) is 0 Å². The van der Waals surface area contributed by atoms with E-state index in [1.54, 1.807) is 12.0 Å². The lowest BCUT2D eigenvalue weighted by atomic mass is 10.1. The van der Waals surface area contributed by atoms with Crippen LogP contribution < -0.4 is 15.0 Å². The fraction of sp³-hybridized carbons (Fsp3) is 0.273. The van der Waals surface area contributed by atoms with Crippen molar-refractivity contribution in [2.75, 3.05) is 25.1 Å². The molecule has 0 radical (unpaired) electrons. The molecular formula is C22H22N2O3. The quantitative estimate of drug-likeness (QED) is 0.851. The maximum absolute atomic E-state index is 12.3. The summed E-state index contributed by atoms with van der Waals surface area (Å²) in [6, 6.07) is 15.2. The number of nitrogens with zero attached hydrogens (tertiary/aromatic N) is 1. The number of ether oxygens (including phenoxy) is 1. The first-order valence-electron chi connectivity index (χ1n) is 8.84. The first-order chi connectivity index (χ1) is 13.1.